The van der Waals surface area contributed by atoms with Gasteiger partial charge in [0.2, 0.25) is 0 Å². The molecule has 1 N–H and O–H groups in total. The van der Waals surface area contributed by atoms with Gasteiger partial charge in [0, 0.05) is 20.2 Å². The molecule has 0 aromatic heterocycles. The van der Waals surface area contributed by atoms with E-state index in [0.29, 0.717) is 18.3 Å². The van der Waals surface area contributed by atoms with Crippen molar-refractivity contribution in [1.82, 2.24) is 4.90 Å². The van der Waals surface area contributed by atoms with Gasteiger partial charge in [-0.3, -0.25) is 9.69 Å². The molecule has 0 amide bonds. The predicted octanol–water partition coefficient (Wildman–Crippen LogP) is 1.06. The summed E-state index contributed by atoms with van der Waals surface area (Å²) in [5, 5.41) is 9.06. The average molecular weight is 215 g/mol. The zero-order valence-corrected chi connectivity index (χ0v) is 9.77. The molecule has 3 atom stereocenters. The second-order valence-corrected chi connectivity index (χ2v) is 4.41. The third kappa shape index (κ3) is 2.92. The number of carboxylic acids is 1. The highest BCUT2D eigenvalue weighted by Gasteiger charge is 2.35. The Balaban J connectivity index is 2.55. The van der Waals surface area contributed by atoms with Gasteiger partial charge in [-0.15, -0.1) is 0 Å². The Labute approximate surface area is 91.2 Å². The summed E-state index contributed by atoms with van der Waals surface area (Å²) in [6.45, 7) is 6.54. The van der Waals surface area contributed by atoms with Gasteiger partial charge in [0.25, 0.3) is 0 Å². The first kappa shape index (κ1) is 12.5. The first-order valence-corrected chi connectivity index (χ1v) is 5.55. The summed E-state index contributed by atoms with van der Waals surface area (Å²) in [5.74, 6) is 0.296. The minimum Gasteiger partial charge on any atom is -0.480 e. The highest BCUT2D eigenvalue weighted by Crippen LogP contribution is 2.25. The summed E-state index contributed by atoms with van der Waals surface area (Å²) in [6, 6.07) is -0.325. The Morgan fingerprint density at radius 2 is 2.27 bits per heavy atom. The predicted molar refractivity (Wildman–Crippen MR) is 57.8 cm³/mol. The normalized spacial score (nSPS) is 29.3. The molecule has 1 heterocycles. The minimum absolute atomic E-state index is 0.325. The number of carboxylic acid groups (broad SMARTS) is 1. The third-order valence-corrected chi connectivity index (χ3v) is 3.29. The molecule has 4 heteroatoms. The number of hydrogen-bond acceptors (Lipinski definition) is 3. The van der Waals surface area contributed by atoms with Crippen LogP contribution in [0.1, 0.15) is 20.3 Å². The molecule has 0 radical (unpaired) electrons. The number of ether oxygens (including phenoxy) is 1. The van der Waals surface area contributed by atoms with Crippen LogP contribution < -0.4 is 0 Å². The van der Waals surface area contributed by atoms with Crippen molar-refractivity contribution >= 4 is 5.97 Å². The highest BCUT2D eigenvalue weighted by molar-refractivity contribution is 5.73. The Morgan fingerprint density at radius 3 is 2.73 bits per heavy atom. The van der Waals surface area contributed by atoms with Gasteiger partial charge in [-0.05, 0) is 18.3 Å². The van der Waals surface area contributed by atoms with Crippen molar-refractivity contribution in [1.29, 1.82) is 0 Å². The molecular weight excluding hydrogens is 194 g/mol. The largest absolute Gasteiger partial charge is 0.480 e. The van der Waals surface area contributed by atoms with Gasteiger partial charge in [-0.2, -0.15) is 0 Å². The molecular formula is C11H21NO3. The number of rotatable bonds is 5. The SMILES string of the molecule is CCC(C(=O)O)N1CC(C)C(COC)C1. The summed E-state index contributed by atoms with van der Waals surface area (Å²) in [6.07, 6.45) is 0.668. The molecule has 88 valence electrons. The van der Waals surface area contributed by atoms with E-state index in [9.17, 15) is 4.79 Å². The van der Waals surface area contributed by atoms with Crippen molar-refractivity contribution in [2.24, 2.45) is 11.8 Å². The molecule has 0 aromatic carbocycles. The molecule has 0 spiro atoms. The number of likely N-dealkylation sites (tertiary alicyclic amines) is 1. The number of methoxy groups -OCH3 is 1. The minimum atomic E-state index is -0.706. The maximum Gasteiger partial charge on any atom is 0.320 e. The molecule has 1 fully saturated rings. The second kappa shape index (κ2) is 5.47. The molecule has 1 rings (SSSR count). The van der Waals surface area contributed by atoms with Gasteiger partial charge in [-0.25, -0.2) is 0 Å². The van der Waals surface area contributed by atoms with Crippen LogP contribution in [-0.2, 0) is 9.53 Å². The fourth-order valence-corrected chi connectivity index (χ4v) is 2.35. The van der Waals surface area contributed by atoms with Crippen LogP contribution >= 0.6 is 0 Å². The zero-order chi connectivity index (χ0) is 11.4. The molecule has 0 aliphatic carbocycles. The third-order valence-electron chi connectivity index (χ3n) is 3.29. The molecule has 15 heavy (non-hydrogen) atoms. The summed E-state index contributed by atoms with van der Waals surface area (Å²) in [7, 11) is 1.70. The lowest BCUT2D eigenvalue weighted by atomic mass is 10.00. The molecule has 4 nitrogen and oxygen atoms in total. The maximum atomic E-state index is 11.0. The van der Waals surface area contributed by atoms with E-state index in [1.807, 2.05) is 6.92 Å². The van der Waals surface area contributed by atoms with E-state index >= 15 is 0 Å². The molecule has 0 bridgehead atoms. The van der Waals surface area contributed by atoms with Gasteiger partial charge in [0.05, 0.1) is 6.61 Å². The lowest BCUT2D eigenvalue weighted by Gasteiger charge is -2.22. The standard InChI is InChI=1S/C11H21NO3/c1-4-10(11(13)14)12-5-8(2)9(6-12)7-15-3/h8-10H,4-7H2,1-3H3,(H,13,14). The van der Waals surface area contributed by atoms with E-state index in [-0.39, 0.29) is 6.04 Å². The molecule has 0 aromatic rings. The number of hydrogen-bond donors (Lipinski definition) is 1. The second-order valence-electron chi connectivity index (χ2n) is 4.41. The van der Waals surface area contributed by atoms with Crippen molar-refractivity contribution in [3.05, 3.63) is 0 Å². The van der Waals surface area contributed by atoms with E-state index in [4.69, 9.17) is 9.84 Å². The van der Waals surface area contributed by atoms with E-state index in [0.717, 1.165) is 19.7 Å². The van der Waals surface area contributed by atoms with Gasteiger partial charge >= 0.3 is 5.97 Å². The quantitative estimate of drug-likeness (QED) is 0.745. The first-order valence-electron chi connectivity index (χ1n) is 5.55. The van der Waals surface area contributed by atoms with Crippen molar-refractivity contribution in [2.45, 2.75) is 26.3 Å². The smallest absolute Gasteiger partial charge is 0.320 e. The van der Waals surface area contributed by atoms with Gasteiger partial charge in [-0.1, -0.05) is 13.8 Å². The highest BCUT2D eigenvalue weighted by atomic mass is 16.5. The first-order chi connectivity index (χ1) is 7.10. The molecule has 1 aliphatic rings. The topological polar surface area (TPSA) is 49.8 Å². The maximum absolute atomic E-state index is 11.0. The number of aliphatic carboxylic acids is 1. The van der Waals surface area contributed by atoms with Crippen LogP contribution in [0.3, 0.4) is 0 Å². The van der Waals surface area contributed by atoms with E-state index in [2.05, 4.69) is 11.8 Å². The Bertz CT molecular complexity index is 220. The van der Waals surface area contributed by atoms with Crippen LogP contribution in [0.5, 0.6) is 0 Å². The lowest BCUT2D eigenvalue weighted by molar-refractivity contribution is -0.143. The van der Waals surface area contributed by atoms with E-state index in [1.165, 1.54) is 0 Å². The van der Waals surface area contributed by atoms with Gasteiger partial charge < -0.3 is 9.84 Å². The van der Waals surface area contributed by atoms with E-state index < -0.39 is 5.97 Å². The van der Waals surface area contributed by atoms with Gasteiger partial charge in [0.1, 0.15) is 6.04 Å². The average Bonchev–Trinajstić information content (AvgIpc) is 2.49. The molecule has 3 unspecified atom stereocenters. The van der Waals surface area contributed by atoms with E-state index in [1.54, 1.807) is 7.11 Å². The number of carbonyl (C=O) groups is 1. The number of nitrogens with zero attached hydrogens (tertiary/aromatic N) is 1. The molecule has 1 aliphatic heterocycles. The fraction of sp³-hybridized carbons (Fsp3) is 0.909. The fourth-order valence-electron chi connectivity index (χ4n) is 2.35. The monoisotopic (exact) mass is 215 g/mol. The van der Waals surface area contributed by atoms with Crippen LogP contribution in [-0.4, -0.2) is 48.8 Å². The summed E-state index contributed by atoms with van der Waals surface area (Å²) in [5.41, 5.74) is 0. The summed E-state index contributed by atoms with van der Waals surface area (Å²) >= 11 is 0. The zero-order valence-electron chi connectivity index (χ0n) is 9.77. The van der Waals surface area contributed by atoms with Crippen molar-refractivity contribution < 1.29 is 14.6 Å². The Kier molecular flexibility index (Phi) is 4.54. The molecule has 1 saturated heterocycles. The summed E-state index contributed by atoms with van der Waals surface area (Å²) < 4.78 is 5.14. The summed E-state index contributed by atoms with van der Waals surface area (Å²) in [4.78, 5) is 13.1. The van der Waals surface area contributed by atoms with Crippen LogP contribution in [0, 0.1) is 11.8 Å². The lowest BCUT2D eigenvalue weighted by Crippen LogP contribution is -2.39. The van der Waals surface area contributed by atoms with Crippen LogP contribution in [0.4, 0.5) is 0 Å². The van der Waals surface area contributed by atoms with Crippen LogP contribution in [0.2, 0.25) is 0 Å². The van der Waals surface area contributed by atoms with Crippen molar-refractivity contribution in [2.75, 3.05) is 26.8 Å². The van der Waals surface area contributed by atoms with Crippen LogP contribution in [0.15, 0.2) is 0 Å². The Morgan fingerprint density at radius 1 is 1.60 bits per heavy atom. The van der Waals surface area contributed by atoms with Crippen LogP contribution in [0.25, 0.3) is 0 Å². The molecule has 0 saturated carbocycles. The van der Waals surface area contributed by atoms with Gasteiger partial charge in [0.15, 0.2) is 0 Å². The Hall–Kier alpha value is -0.610. The van der Waals surface area contributed by atoms with Crippen molar-refractivity contribution in [3.8, 4) is 0 Å². The van der Waals surface area contributed by atoms with Crippen molar-refractivity contribution in [3.63, 3.8) is 0 Å².